The number of fused-ring (bicyclic) bond motifs is 1. The van der Waals surface area contributed by atoms with Gasteiger partial charge in [0, 0.05) is 12.3 Å². The second-order valence-electron chi connectivity index (χ2n) is 5.88. The predicted octanol–water partition coefficient (Wildman–Crippen LogP) is -0.670. The summed E-state index contributed by atoms with van der Waals surface area (Å²) >= 11 is 0. The Morgan fingerprint density at radius 1 is 1.22 bits per heavy atom. The molecule has 0 aliphatic carbocycles. The fourth-order valence-electron chi connectivity index (χ4n) is 3.78. The van der Waals surface area contributed by atoms with E-state index in [0.717, 1.165) is 18.6 Å². The van der Waals surface area contributed by atoms with Gasteiger partial charge in [-0.25, -0.2) is 0 Å². The molecule has 4 heteroatoms. The van der Waals surface area contributed by atoms with Gasteiger partial charge in [0.15, 0.2) is 0 Å². The average Bonchev–Trinajstić information content (AvgIpc) is 2.34. The number of ether oxygens (including phenoxy) is 1. The largest absolute Gasteiger partial charge is 1.00 e. The van der Waals surface area contributed by atoms with Crippen LogP contribution in [-0.2, 0) is 4.74 Å². The normalized spacial score (nSPS) is 35.1. The molecule has 2 aliphatic heterocycles. The van der Waals surface area contributed by atoms with Gasteiger partial charge in [0.25, 0.3) is 0 Å². The van der Waals surface area contributed by atoms with Crippen molar-refractivity contribution in [3.05, 3.63) is 0 Å². The highest BCUT2D eigenvalue weighted by molar-refractivity contribution is 4.79. The fourth-order valence-corrected chi connectivity index (χ4v) is 3.78. The zero-order valence-electron chi connectivity index (χ0n) is 11.4. The predicted molar refractivity (Wildman–Crippen MR) is 67.3 cm³/mol. The number of quaternary nitrogens is 1. The maximum atomic E-state index is 8.50. The molecule has 0 amide bonds. The summed E-state index contributed by atoms with van der Waals surface area (Å²) in [6.07, 6.45) is 7.37. The Morgan fingerprint density at radius 2 is 2.00 bits per heavy atom. The molecule has 0 aromatic carbocycles. The molecule has 104 valence electrons. The van der Waals surface area contributed by atoms with Crippen molar-refractivity contribution in [3.8, 4) is 6.07 Å². The number of nitrogens with zero attached hydrogens (tertiary/aromatic N) is 2. The molecule has 2 saturated heterocycles. The lowest BCUT2D eigenvalue weighted by Gasteiger charge is -2.51. The fraction of sp³-hybridized carbons (Fsp3) is 0.929. The van der Waals surface area contributed by atoms with Crippen LogP contribution in [0.1, 0.15) is 38.5 Å². The Bertz CT molecular complexity index is 288. The van der Waals surface area contributed by atoms with E-state index in [-0.39, 0.29) is 24.0 Å². The minimum atomic E-state index is 0. The van der Waals surface area contributed by atoms with Crippen molar-refractivity contribution in [1.29, 1.82) is 5.26 Å². The summed E-state index contributed by atoms with van der Waals surface area (Å²) in [7, 11) is 2.44. The zero-order valence-corrected chi connectivity index (χ0v) is 13.6. The van der Waals surface area contributed by atoms with Gasteiger partial charge in [-0.2, -0.15) is 5.26 Å². The molecule has 3 nitrogen and oxygen atoms in total. The summed E-state index contributed by atoms with van der Waals surface area (Å²) in [5.41, 5.74) is 0. The lowest BCUT2D eigenvalue weighted by atomic mass is 9.82. The first-order valence-electron chi connectivity index (χ1n) is 7.05. The summed E-state index contributed by atoms with van der Waals surface area (Å²) in [5.74, 6) is 0.729. The molecule has 0 aromatic rings. The Morgan fingerprint density at radius 3 is 2.78 bits per heavy atom. The van der Waals surface area contributed by atoms with Crippen molar-refractivity contribution in [1.82, 2.24) is 0 Å². The summed E-state index contributed by atoms with van der Waals surface area (Å²) in [6, 6.07) is 2.96. The summed E-state index contributed by atoms with van der Waals surface area (Å²) in [6.45, 7) is 4.21. The van der Waals surface area contributed by atoms with Gasteiger partial charge in [-0.15, -0.1) is 0 Å². The highest BCUT2D eigenvalue weighted by Gasteiger charge is 2.43. The molecule has 0 bridgehead atoms. The standard InChI is InChI=1S/C14H25N2O.HI/c1-16-9-3-2-7-14(16)13(6-4-10-16)12-17-11-5-8-15;/h13-14H,2-7,9-12H2,1H3;1H/q+1;/p-1. The van der Waals surface area contributed by atoms with Gasteiger partial charge in [0.2, 0.25) is 0 Å². The van der Waals surface area contributed by atoms with Crippen LogP contribution < -0.4 is 24.0 Å². The monoisotopic (exact) mass is 364 g/mol. The molecule has 0 radical (unpaired) electrons. The third-order valence-electron chi connectivity index (χ3n) is 4.70. The average molecular weight is 364 g/mol. The van der Waals surface area contributed by atoms with Gasteiger partial charge in [-0.05, 0) is 25.7 Å². The molecule has 2 fully saturated rings. The molecule has 2 aliphatic rings. The smallest absolute Gasteiger partial charge is 0.0939 e. The first-order chi connectivity index (χ1) is 8.26. The SMILES string of the molecule is C[N+]12CCCCC1C(COCCC#N)CCC2.[I-]. The third kappa shape index (κ3) is 3.82. The maximum absolute atomic E-state index is 8.50. The second-order valence-corrected chi connectivity index (χ2v) is 5.88. The Balaban J connectivity index is 0.00000162. The minimum absolute atomic E-state index is 0. The van der Waals surface area contributed by atoms with Crippen LogP contribution in [0, 0.1) is 17.2 Å². The van der Waals surface area contributed by atoms with E-state index in [1.165, 1.54) is 49.7 Å². The van der Waals surface area contributed by atoms with Gasteiger partial charge in [-0.3, -0.25) is 0 Å². The van der Waals surface area contributed by atoms with E-state index in [1.54, 1.807) is 0 Å². The second kappa shape index (κ2) is 7.66. The zero-order chi connectivity index (χ0) is 12.1. The van der Waals surface area contributed by atoms with E-state index in [0.29, 0.717) is 13.0 Å². The number of rotatable bonds is 4. The summed E-state index contributed by atoms with van der Waals surface area (Å²) in [5, 5.41) is 8.50. The Labute approximate surface area is 128 Å². The highest BCUT2D eigenvalue weighted by atomic mass is 127. The van der Waals surface area contributed by atoms with Crippen molar-refractivity contribution in [2.75, 3.05) is 33.4 Å². The van der Waals surface area contributed by atoms with Gasteiger partial charge in [0.05, 0.1) is 51.9 Å². The van der Waals surface area contributed by atoms with Crippen LogP contribution in [0.2, 0.25) is 0 Å². The van der Waals surface area contributed by atoms with Crippen molar-refractivity contribution in [2.24, 2.45) is 5.92 Å². The van der Waals surface area contributed by atoms with E-state index in [1.807, 2.05) is 0 Å². The number of hydrogen-bond donors (Lipinski definition) is 0. The Hall–Kier alpha value is 0.140. The minimum Gasteiger partial charge on any atom is -1.00 e. The van der Waals surface area contributed by atoms with Crippen LogP contribution >= 0.6 is 0 Å². The van der Waals surface area contributed by atoms with Crippen LogP contribution in [0.15, 0.2) is 0 Å². The highest BCUT2D eigenvalue weighted by Crippen LogP contribution is 2.35. The van der Waals surface area contributed by atoms with Gasteiger partial charge in [0.1, 0.15) is 0 Å². The topological polar surface area (TPSA) is 33.0 Å². The van der Waals surface area contributed by atoms with E-state index in [9.17, 15) is 0 Å². The Kier molecular flexibility index (Phi) is 6.89. The molecular weight excluding hydrogens is 339 g/mol. The number of piperidine rings is 2. The van der Waals surface area contributed by atoms with E-state index >= 15 is 0 Å². The third-order valence-corrected chi connectivity index (χ3v) is 4.70. The van der Waals surface area contributed by atoms with Crippen LogP contribution in [-0.4, -0.2) is 43.9 Å². The van der Waals surface area contributed by atoms with Crippen molar-refractivity contribution >= 4 is 0 Å². The molecule has 2 heterocycles. The van der Waals surface area contributed by atoms with Crippen molar-refractivity contribution in [3.63, 3.8) is 0 Å². The molecule has 0 N–H and O–H groups in total. The molecular formula is C14H25IN2O. The van der Waals surface area contributed by atoms with Crippen LogP contribution in [0.3, 0.4) is 0 Å². The first-order valence-corrected chi connectivity index (χ1v) is 7.05. The molecule has 0 spiro atoms. The van der Waals surface area contributed by atoms with Crippen LogP contribution in [0.25, 0.3) is 0 Å². The van der Waals surface area contributed by atoms with E-state index < -0.39 is 0 Å². The van der Waals surface area contributed by atoms with Gasteiger partial charge < -0.3 is 33.2 Å². The molecule has 18 heavy (non-hydrogen) atoms. The number of hydrogen-bond acceptors (Lipinski definition) is 2. The first kappa shape index (κ1) is 16.2. The molecule has 0 saturated carbocycles. The van der Waals surface area contributed by atoms with Crippen LogP contribution in [0.5, 0.6) is 0 Å². The van der Waals surface area contributed by atoms with Gasteiger partial charge >= 0.3 is 0 Å². The van der Waals surface area contributed by atoms with E-state index in [4.69, 9.17) is 10.00 Å². The lowest BCUT2D eigenvalue weighted by molar-refractivity contribution is -0.947. The van der Waals surface area contributed by atoms with Crippen molar-refractivity contribution in [2.45, 2.75) is 44.6 Å². The van der Waals surface area contributed by atoms with Crippen molar-refractivity contribution < 1.29 is 33.2 Å². The molecule has 3 unspecified atom stereocenters. The quantitative estimate of drug-likeness (QED) is 0.377. The molecule has 0 aromatic heterocycles. The summed E-state index contributed by atoms with van der Waals surface area (Å²) in [4.78, 5) is 0. The number of halogens is 1. The van der Waals surface area contributed by atoms with E-state index in [2.05, 4.69) is 13.1 Å². The lowest BCUT2D eigenvalue weighted by Crippen LogP contribution is -3.00. The summed E-state index contributed by atoms with van der Waals surface area (Å²) < 4.78 is 6.96. The van der Waals surface area contributed by atoms with Gasteiger partial charge in [-0.1, -0.05) is 0 Å². The number of nitriles is 1. The van der Waals surface area contributed by atoms with Crippen LogP contribution in [0.4, 0.5) is 0 Å². The molecule has 2 rings (SSSR count). The maximum Gasteiger partial charge on any atom is 0.0939 e. The molecule has 3 atom stereocenters.